The van der Waals surface area contributed by atoms with E-state index in [2.05, 4.69) is 0 Å². The summed E-state index contributed by atoms with van der Waals surface area (Å²) in [4.78, 5) is 14.5. The molecule has 1 aliphatic rings. The minimum atomic E-state index is -0.293. The molecule has 1 fully saturated rings. The van der Waals surface area contributed by atoms with E-state index in [4.69, 9.17) is 5.73 Å². The molecule has 0 aliphatic carbocycles. The first-order chi connectivity index (χ1) is 11.1. The van der Waals surface area contributed by atoms with Gasteiger partial charge in [0.25, 0.3) is 0 Å². The normalized spacial score (nSPS) is 18.9. The van der Waals surface area contributed by atoms with Crippen molar-refractivity contribution in [2.45, 2.75) is 31.3 Å². The second-order valence-corrected chi connectivity index (χ2v) is 6.02. The Morgan fingerprint density at radius 2 is 1.87 bits per heavy atom. The van der Waals surface area contributed by atoms with Crippen molar-refractivity contribution in [3.05, 3.63) is 71.5 Å². The van der Waals surface area contributed by atoms with Crippen LogP contribution in [-0.4, -0.2) is 17.4 Å². The maximum atomic E-state index is 13.1. The fourth-order valence-corrected chi connectivity index (χ4v) is 3.22. The van der Waals surface area contributed by atoms with Gasteiger partial charge in [-0.2, -0.15) is 0 Å². The van der Waals surface area contributed by atoms with Gasteiger partial charge in [-0.25, -0.2) is 4.39 Å². The zero-order valence-electron chi connectivity index (χ0n) is 13.0. The number of nitrogens with zero attached hydrogens (tertiary/aromatic N) is 1. The lowest BCUT2D eigenvalue weighted by Crippen LogP contribution is -2.33. The second-order valence-electron chi connectivity index (χ2n) is 6.02. The summed E-state index contributed by atoms with van der Waals surface area (Å²) in [6.45, 7) is 0.738. The fraction of sp³-hybridized carbons (Fsp3) is 0.316. The van der Waals surface area contributed by atoms with Crippen LogP contribution in [0.4, 0.5) is 4.39 Å². The highest BCUT2D eigenvalue weighted by Crippen LogP contribution is 2.33. The topological polar surface area (TPSA) is 46.3 Å². The lowest BCUT2D eigenvalue weighted by molar-refractivity contribution is -0.132. The summed E-state index contributed by atoms with van der Waals surface area (Å²) in [5, 5.41) is 0. The number of nitrogens with two attached hydrogens (primary N) is 1. The monoisotopic (exact) mass is 312 g/mol. The molecule has 2 aromatic rings. The molecule has 0 saturated carbocycles. The Balaban J connectivity index is 1.69. The van der Waals surface area contributed by atoms with E-state index in [1.54, 1.807) is 12.1 Å². The largest absolute Gasteiger partial charge is 0.336 e. The van der Waals surface area contributed by atoms with Gasteiger partial charge in [0.15, 0.2) is 0 Å². The van der Waals surface area contributed by atoms with Gasteiger partial charge >= 0.3 is 0 Å². The number of halogens is 1. The van der Waals surface area contributed by atoms with Crippen LogP contribution in [0.3, 0.4) is 0 Å². The molecule has 3 rings (SSSR count). The van der Waals surface area contributed by atoms with Crippen LogP contribution in [0.1, 0.15) is 42.5 Å². The molecule has 0 radical (unpaired) electrons. The van der Waals surface area contributed by atoms with E-state index in [0.717, 1.165) is 30.5 Å². The van der Waals surface area contributed by atoms with Gasteiger partial charge in [-0.1, -0.05) is 42.5 Å². The highest BCUT2D eigenvalue weighted by Gasteiger charge is 2.30. The highest BCUT2D eigenvalue weighted by atomic mass is 19.1. The second kappa shape index (κ2) is 6.92. The first-order valence-corrected chi connectivity index (χ1v) is 8.00. The summed E-state index contributed by atoms with van der Waals surface area (Å²) in [7, 11) is 0. The quantitative estimate of drug-likeness (QED) is 0.938. The number of carbonyl (C=O) groups is 1. The molecule has 0 spiro atoms. The average molecular weight is 312 g/mol. The fourth-order valence-electron chi connectivity index (χ4n) is 3.22. The number of likely N-dealkylation sites (tertiary alicyclic amines) is 1. The van der Waals surface area contributed by atoms with E-state index >= 15 is 0 Å². The van der Waals surface area contributed by atoms with E-state index in [9.17, 15) is 9.18 Å². The standard InChI is InChI=1S/C19H21FN2O/c20-16-10-8-15(9-11-16)18-7-4-12-22(18)19(23)13-17(21)14-5-2-1-3-6-14/h1-3,5-6,8-11,17-18H,4,7,12-13,21H2/t17-,18-/m1/s1. The van der Waals surface area contributed by atoms with Crippen LogP contribution in [-0.2, 0) is 4.79 Å². The molecular formula is C19H21FN2O. The van der Waals surface area contributed by atoms with Gasteiger partial charge in [-0.3, -0.25) is 4.79 Å². The molecule has 1 amide bonds. The Kier molecular flexibility index (Phi) is 4.72. The minimum absolute atomic E-state index is 0.0334. The Morgan fingerprint density at radius 1 is 1.17 bits per heavy atom. The molecule has 3 nitrogen and oxygen atoms in total. The van der Waals surface area contributed by atoms with Crippen molar-refractivity contribution in [2.24, 2.45) is 5.73 Å². The molecule has 0 aromatic heterocycles. The first kappa shape index (κ1) is 15.7. The van der Waals surface area contributed by atoms with E-state index in [-0.39, 0.29) is 23.8 Å². The van der Waals surface area contributed by atoms with Crippen molar-refractivity contribution in [1.82, 2.24) is 4.90 Å². The van der Waals surface area contributed by atoms with Crippen LogP contribution >= 0.6 is 0 Å². The molecule has 2 atom stereocenters. The van der Waals surface area contributed by atoms with E-state index in [1.807, 2.05) is 35.2 Å². The van der Waals surface area contributed by atoms with Gasteiger partial charge in [-0.05, 0) is 36.1 Å². The number of amides is 1. The minimum Gasteiger partial charge on any atom is -0.336 e. The Labute approximate surface area is 135 Å². The third kappa shape index (κ3) is 3.59. The Bertz CT molecular complexity index is 657. The zero-order valence-corrected chi connectivity index (χ0v) is 13.0. The maximum Gasteiger partial charge on any atom is 0.224 e. The predicted molar refractivity (Wildman–Crippen MR) is 88.1 cm³/mol. The molecule has 2 N–H and O–H groups in total. The molecule has 0 bridgehead atoms. The molecular weight excluding hydrogens is 291 g/mol. The van der Waals surface area contributed by atoms with Crippen LogP contribution in [0.25, 0.3) is 0 Å². The molecule has 2 aromatic carbocycles. The summed E-state index contributed by atoms with van der Waals surface area (Å²) >= 11 is 0. The Morgan fingerprint density at radius 3 is 2.57 bits per heavy atom. The number of rotatable bonds is 4. The van der Waals surface area contributed by atoms with Gasteiger partial charge in [-0.15, -0.1) is 0 Å². The van der Waals surface area contributed by atoms with Gasteiger partial charge in [0, 0.05) is 19.0 Å². The number of benzene rings is 2. The van der Waals surface area contributed by atoms with Gasteiger partial charge in [0.2, 0.25) is 5.91 Å². The molecule has 4 heteroatoms. The van der Waals surface area contributed by atoms with Crippen molar-refractivity contribution in [1.29, 1.82) is 0 Å². The SMILES string of the molecule is N[C@H](CC(=O)N1CCC[C@@H]1c1ccc(F)cc1)c1ccccc1. The van der Waals surface area contributed by atoms with Crippen LogP contribution in [0, 0.1) is 5.82 Å². The Hall–Kier alpha value is -2.20. The smallest absolute Gasteiger partial charge is 0.224 e. The third-order valence-corrected chi connectivity index (χ3v) is 4.45. The molecule has 0 unspecified atom stereocenters. The van der Waals surface area contributed by atoms with Gasteiger partial charge in [0.05, 0.1) is 6.04 Å². The summed E-state index contributed by atoms with van der Waals surface area (Å²) in [6.07, 6.45) is 2.17. The van der Waals surface area contributed by atoms with Crippen molar-refractivity contribution < 1.29 is 9.18 Å². The summed E-state index contributed by atoms with van der Waals surface area (Å²) in [6, 6.07) is 15.9. The van der Waals surface area contributed by atoms with E-state index in [0.29, 0.717) is 6.42 Å². The number of carbonyl (C=O) groups excluding carboxylic acids is 1. The third-order valence-electron chi connectivity index (χ3n) is 4.45. The lowest BCUT2D eigenvalue weighted by atomic mass is 10.0. The van der Waals surface area contributed by atoms with Gasteiger partial charge < -0.3 is 10.6 Å². The summed E-state index contributed by atoms with van der Waals surface area (Å²) < 4.78 is 13.1. The predicted octanol–water partition coefficient (Wildman–Crippen LogP) is 3.58. The summed E-state index contributed by atoms with van der Waals surface area (Å²) in [5.74, 6) is -0.191. The summed E-state index contributed by atoms with van der Waals surface area (Å²) in [5.41, 5.74) is 8.13. The maximum absolute atomic E-state index is 13.1. The lowest BCUT2D eigenvalue weighted by Gasteiger charge is -2.26. The molecule has 1 aliphatic heterocycles. The van der Waals surface area contributed by atoms with Crippen molar-refractivity contribution in [3.63, 3.8) is 0 Å². The molecule has 23 heavy (non-hydrogen) atoms. The van der Waals surface area contributed by atoms with Crippen molar-refractivity contribution >= 4 is 5.91 Å². The van der Waals surface area contributed by atoms with E-state index < -0.39 is 0 Å². The molecule has 120 valence electrons. The van der Waals surface area contributed by atoms with Crippen LogP contribution in [0.5, 0.6) is 0 Å². The highest BCUT2D eigenvalue weighted by molar-refractivity contribution is 5.78. The number of hydrogen-bond donors (Lipinski definition) is 1. The molecule has 1 saturated heterocycles. The average Bonchev–Trinajstić information content (AvgIpc) is 3.06. The van der Waals surface area contributed by atoms with Crippen LogP contribution in [0.15, 0.2) is 54.6 Å². The van der Waals surface area contributed by atoms with Crippen molar-refractivity contribution in [2.75, 3.05) is 6.54 Å². The van der Waals surface area contributed by atoms with E-state index in [1.165, 1.54) is 12.1 Å². The molecule has 1 heterocycles. The zero-order chi connectivity index (χ0) is 16.2. The van der Waals surface area contributed by atoms with Crippen molar-refractivity contribution in [3.8, 4) is 0 Å². The first-order valence-electron chi connectivity index (χ1n) is 8.00. The number of hydrogen-bond acceptors (Lipinski definition) is 2. The van der Waals surface area contributed by atoms with Gasteiger partial charge in [0.1, 0.15) is 5.82 Å². The van der Waals surface area contributed by atoms with Crippen LogP contribution in [0.2, 0.25) is 0 Å². The van der Waals surface area contributed by atoms with Crippen LogP contribution < -0.4 is 5.73 Å².